The summed E-state index contributed by atoms with van der Waals surface area (Å²) in [7, 11) is 0. The Morgan fingerprint density at radius 1 is 1.06 bits per heavy atom. The fourth-order valence-corrected chi connectivity index (χ4v) is 5.05. The summed E-state index contributed by atoms with van der Waals surface area (Å²) < 4.78 is 4.99. The number of nitrogens with one attached hydrogen (secondary N) is 1. The van der Waals surface area contributed by atoms with E-state index in [1.807, 2.05) is 30.3 Å². The maximum Gasteiger partial charge on any atom is 0.257 e. The number of thioether (sulfide) groups is 1. The van der Waals surface area contributed by atoms with Gasteiger partial charge < -0.3 is 14.6 Å². The van der Waals surface area contributed by atoms with Crippen LogP contribution >= 0.6 is 35.0 Å². The summed E-state index contributed by atoms with van der Waals surface area (Å²) in [5.41, 5.74) is 2.21. The number of hydrogen-bond donors (Lipinski definition) is 1. The molecule has 2 aromatic carbocycles. The lowest BCUT2D eigenvalue weighted by atomic mass is 10.0. The third kappa shape index (κ3) is 5.68. The zero-order valence-corrected chi connectivity index (χ0v) is 19.6. The van der Waals surface area contributed by atoms with Gasteiger partial charge in [-0.2, -0.15) is 0 Å². The van der Waals surface area contributed by atoms with Crippen molar-refractivity contribution in [3.63, 3.8) is 0 Å². The Morgan fingerprint density at radius 3 is 2.62 bits per heavy atom. The molecule has 5 nitrogen and oxygen atoms in total. The van der Waals surface area contributed by atoms with Gasteiger partial charge >= 0.3 is 0 Å². The molecule has 8 heteroatoms. The van der Waals surface area contributed by atoms with Crippen LogP contribution in [0.3, 0.4) is 0 Å². The van der Waals surface area contributed by atoms with Crippen LogP contribution in [-0.2, 0) is 5.75 Å². The van der Waals surface area contributed by atoms with E-state index < -0.39 is 0 Å². The highest BCUT2D eigenvalue weighted by Crippen LogP contribution is 2.32. The van der Waals surface area contributed by atoms with Crippen LogP contribution in [0.15, 0.2) is 70.4 Å². The Kier molecular flexibility index (Phi) is 7.45. The molecule has 0 spiro atoms. The van der Waals surface area contributed by atoms with Crippen molar-refractivity contribution in [2.75, 3.05) is 13.1 Å². The van der Waals surface area contributed by atoms with Crippen molar-refractivity contribution in [1.29, 1.82) is 0 Å². The number of hydrogen-bond acceptors (Lipinski definition) is 4. The predicted octanol–water partition coefficient (Wildman–Crippen LogP) is 5.91. The van der Waals surface area contributed by atoms with E-state index in [0.717, 1.165) is 23.3 Å². The number of halogens is 2. The number of amides is 2. The minimum atomic E-state index is -0.0998. The zero-order valence-electron chi connectivity index (χ0n) is 17.2. The number of benzene rings is 2. The van der Waals surface area contributed by atoms with E-state index in [0.29, 0.717) is 40.0 Å². The van der Waals surface area contributed by atoms with Gasteiger partial charge in [0.2, 0.25) is 0 Å². The van der Waals surface area contributed by atoms with Crippen LogP contribution < -0.4 is 5.32 Å². The molecule has 0 saturated carbocycles. The zero-order chi connectivity index (χ0) is 22.5. The molecule has 32 heavy (non-hydrogen) atoms. The highest BCUT2D eigenvalue weighted by Gasteiger charge is 2.25. The molecule has 1 fully saturated rings. The molecule has 1 N–H and O–H groups in total. The van der Waals surface area contributed by atoms with Crippen LogP contribution in [0, 0.1) is 0 Å². The van der Waals surface area contributed by atoms with Gasteiger partial charge in [-0.25, -0.2) is 0 Å². The molecule has 1 aliphatic rings. The summed E-state index contributed by atoms with van der Waals surface area (Å²) >= 11 is 13.9. The Morgan fingerprint density at radius 2 is 1.88 bits per heavy atom. The minimum absolute atomic E-state index is 0.0338. The van der Waals surface area contributed by atoms with Gasteiger partial charge in [-0.15, -0.1) is 11.8 Å². The van der Waals surface area contributed by atoms with E-state index in [9.17, 15) is 9.59 Å². The molecule has 1 aromatic heterocycles. The predicted molar refractivity (Wildman–Crippen MR) is 128 cm³/mol. The third-order valence-electron chi connectivity index (χ3n) is 5.36. The highest BCUT2D eigenvalue weighted by molar-refractivity contribution is 7.98. The Balaban J connectivity index is 1.30. The summed E-state index contributed by atoms with van der Waals surface area (Å²) in [4.78, 5) is 27.9. The lowest BCUT2D eigenvalue weighted by Crippen LogP contribution is -2.46. The van der Waals surface area contributed by atoms with E-state index in [-0.39, 0.29) is 17.9 Å². The van der Waals surface area contributed by atoms with Crippen molar-refractivity contribution in [2.24, 2.45) is 0 Å². The molecule has 0 bridgehead atoms. The molecule has 1 aliphatic heterocycles. The van der Waals surface area contributed by atoms with Crippen molar-refractivity contribution in [1.82, 2.24) is 10.2 Å². The van der Waals surface area contributed by atoms with Crippen molar-refractivity contribution in [3.8, 4) is 0 Å². The molecule has 3 aromatic rings. The topological polar surface area (TPSA) is 62.6 Å². The van der Waals surface area contributed by atoms with Gasteiger partial charge in [0, 0.05) is 40.4 Å². The largest absolute Gasteiger partial charge is 0.472 e. The molecule has 1 saturated heterocycles. The number of carbonyl (C=O) groups is 2. The average molecular weight is 489 g/mol. The van der Waals surface area contributed by atoms with E-state index in [1.54, 1.807) is 34.9 Å². The van der Waals surface area contributed by atoms with E-state index in [4.69, 9.17) is 27.6 Å². The highest BCUT2D eigenvalue weighted by atomic mass is 35.5. The lowest BCUT2D eigenvalue weighted by Gasteiger charge is -2.32. The van der Waals surface area contributed by atoms with Crippen LogP contribution in [0.25, 0.3) is 0 Å². The fraction of sp³-hybridized carbons (Fsp3) is 0.250. The second kappa shape index (κ2) is 10.5. The summed E-state index contributed by atoms with van der Waals surface area (Å²) in [6.45, 7) is 1.21. The first-order valence-corrected chi connectivity index (χ1v) is 12.0. The molecule has 0 unspecified atom stereocenters. The first-order chi connectivity index (χ1) is 15.5. The molecule has 4 rings (SSSR count). The van der Waals surface area contributed by atoms with E-state index >= 15 is 0 Å². The second-order valence-corrected chi connectivity index (χ2v) is 9.48. The van der Waals surface area contributed by atoms with Gasteiger partial charge in [0.15, 0.2) is 0 Å². The number of carbonyl (C=O) groups excluding carboxylic acids is 2. The normalized spacial score (nSPS) is 14.4. The van der Waals surface area contributed by atoms with Crippen LogP contribution in [-0.4, -0.2) is 35.8 Å². The molecular formula is C24H22Cl2N2O3S. The summed E-state index contributed by atoms with van der Waals surface area (Å²) in [5, 5.41) is 4.41. The Labute approximate surface area is 201 Å². The number of furan rings is 1. The van der Waals surface area contributed by atoms with Crippen molar-refractivity contribution in [2.45, 2.75) is 29.5 Å². The van der Waals surface area contributed by atoms with Crippen molar-refractivity contribution < 1.29 is 14.0 Å². The third-order valence-corrected chi connectivity index (χ3v) is 7.17. The van der Waals surface area contributed by atoms with Crippen molar-refractivity contribution in [3.05, 3.63) is 87.8 Å². The molecule has 2 heterocycles. The van der Waals surface area contributed by atoms with Gasteiger partial charge in [-0.1, -0.05) is 35.3 Å². The first kappa shape index (κ1) is 22.8. The van der Waals surface area contributed by atoms with Gasteiger partial charge in [-0.05, 0) is 54.8 Å². The van der Waals surface area contributed by atoms with Crippen molar-refractivity contribution >= 4 is 46.8 Å². The number of nitrogens with zero attached hydrogens (tertiary/aromatic N) is 1. The van der Waals surface area contributed by atoms with Crippen LogP contribution in [0.1, 0.15) is 39.1 Å². The SMILES string of the molecule is O=C(NC1CCN(C(=O)c2ccoc2)CC1)c1cccc(CSc2cc(Cl)ccc2Cl)c1. The minimum Gasteiger partial charge on any atom is -0.472 e. The Bertz CT molecular complexity index is 1100. The monoisotopic (exact) mass is 488 g/mol. The average Bonchev–Trinajstić information content (AvgIpc) is 3.35. The molecule has 0 atom stereocenters. The number of piperidine rings is 1. The molecule has 166 valence electrons. The maximum atomic E-state index is 12.8. The van der Waals surface area contributed by atoms with E-state index in [1.165, 1.54) is 12.5 Å². The molecule has 2 amide bonds. The Hall–Kier alpha value is -2.41. The smallest absolute Gasteiger partial charge is 0.257 e. The lowest BCUT2D eigenvalue weighted by molar-refractivity contribution is 0.0697. The molecule has 0 radical (unpaired) electrons. The standard InChI is InChI=1S/C24H22Cl2N2O3S/c25-19-4-5-21(26)22(13-19)32-15-16-2-1-3-17(12-16)23(29)27-20-6-9-28(10-7-20)24(30)18-8-11-31-14-18/h1-5,8,11-14,20H,6-7,9-10,15H2,(H,27,29). The molecular weight excluding hydrogens is 467 g/mol. The molecule has 0 aliphatic carbocycles. The second-order valence-electron chi connectivity index (χ2n) is 7.62. The first-order valence-electron chi connectivity index (χ1n) is 10.3. The summed E-state index contributed by atoms with van der Waals surface area (Å²) in [6.07, 6.45) is 4.40. The summed E-state index contributed by atoms with van der Waals surface area (Å²) in [5.74, 6) is 0.543. The van der Waals surface area contributed by atoms with Crippen LogP contribution in [0.4, 0.5) is 0 Å². The van der Waals surface area contributed by atoms with Crippen LogP contribution in [0.2, 0.25) is 10.0 Å². The number of likely N-dealkylation sites (tertiary alicyclic amines) is 1. The van der Waals surface area contributed by atoms with Gasteiger partial charge in [-0.3, -0.25) is 9.59 Å². The maximum absolute atomic E-state index is 12.8. The fourth-order valence-electron chi connectivity index (χ4n) is 3.62. The van der Waals surface area contributed by atoms with Gasteiger partial charge in [0.1, 0.15) is 6.26 Å². The van der Waals surface area contributed by atoms with Gasteiger partial charge in [0.25, 0.3) is 11.8 Å². The summed E-state index contributed by atoms with van der Waals surface area (Å²) in [6, 6.07) is 14.7. The quantitative estimate of drug-likeness (QED) is 0.437. The van der Waals surface area contributed by atoms with Crippen LogP contribution in [0.5, 0.6) is 0 Å². The number of rotatable bonds is 6. The van der Waals surface area contributed by atoms with E-state index in [2.05, 4.69) is 5.32 Å². The van der Waals surface area contributed by atoms with Gasteiger partial charge in [0.05, 0.1) is 16.8 Å².